The highest BCUT2D eigenvalue weighted by molar-refractivity contribution is 5.86. The third-order valence-corrected chi connectivity index (χ3v) is 4.27. The first-order chi connectivity index (χ1) is 10.6. The summed E-state index contributed by atoms with van der Waals surface area (Å²) in [6.07, 6.45) is 8.26. The molecule has 0 aromatic carbocycles. The third-order valence-electron chi connectivity index (χ3n) is 4.27. The molecule has 1 fully saturated rings. The minimum Gasteiger partial charge on any atom is -0.478 e. The van der Waals surface area contributed by atoms with Crippen LogP contribution in [0.1, 0.15) is 40.9 Å². The summed E-state index contributed by atoms with van der Waals surface area (Å²) in [6, 6.07) is 4.19. The minimum absolute atomic E-state index is 0.189. The SMILES string of the molecule is CC1CC1c1ccc2nc(Cn3cc(C(=O)O)cn3)cn2c1. The van der Waals surface area contributed by atoms with Crippen molar-refractivity contribution in [3.05, 3.63) is 53.7 Å². The summed E-state index contributed by atoms with van der Waals surface area (Å²) in [5.41, 5.74) is 3.31. The Kier molecular flexibility index (Phi) is 2.79. The Balaban J connectivity index is 1.60. The number of carbonyl (C=O) groups is 1. The first-order valence-corrected chi connectivity index (χ1v) is 7.33. The van der Waals surface area contributed by atoms with Crippen LogP contribution in [0.4, 0.5) is 0 Å². The molecular formula is C16H16N4O2. The van der Waals surface area contributed by atoms with E-state index < -0.39 is 5.97 Å². The van der Waals surface area contributed by atoms with Crippen molar-refractivity contribution in [3.63, 3.8) is 0 Å². The number of aromatic carboxylic acids is 1. The van der Waals surface area contributed by atoms with Gasteiger partial charge in [-0.2, -0.15) is 5.10 Å². The van der Waals surface area contributed by atoms with E-state index in [0.717, 1.165) is 17.3 Å². The van der Waals surface area contributed by atoms with Crippen LogP contribution in [0, 0.1) is 5.92 Å². The molecule has 2 unspecified atom stereocenters. The van der Waals surface area contributed by atoms with Crippen molar-refractivity contribution in [3.8, 4) is 0 Å². The average molecular weight is 296 g/mol. The van der Waals surface area contributed by atoms with Crippen LogP contribution < -0.4 is 0 Å². The number of carboxylic acids is 1. The number of hydrogen-bond acceptors (Lipinski definition) is 3. The molecular weight excluding hydrogens is 280 g/mol. The van der Waals surface area contributed by atoms with Crippen LogP contribution in [0.5, 0.6) is 0 Å². The van der Waals surface area contributed by atoms with Crippen LogP contribution in [0.2, 0.25) is 0 Å². The van der Waals surface area contributed by atoms with Gasteiger partial charge in [0.15, 0.2) is 0 Å². The predicted molar refractivity (Wildman–Crippen MR) is 80.0 cm³/mol. The van der Waals surface area contributed by atoms with Gasteiger partial charge in [-0.3, -0.25) is 4.68 Å². The Labute approximate surface area is 127 Å². The Morgan fingerprint density at radius 1 is 1.36 bits per heavy atom. The molecule has 3 heterocycles. The number of carboxylic acid groups (broad SMARTS) is 1. The van der Waals surface area contributed by atoms with Crippen molar-refractivity contribution in [2.75, 3.05) is 0 Å². The highest BCUT2D eigenvalue weighted by atomic mass is 16.4. The smallest absolute Gasteiger partial charge is 0.338 e. The van der Waals surface area contributed by atoms with Crippen molar-refractivity contribution in [1.82, 2.24) is 19.2 Å². The largest absolute Gasteiger partial charge is 0.478 e. The molecule has 0 aliphatic heterocycles. The molecule has 112 valence electrons. The van der Waals surface area contributed by atoms with Crippen LogP contribution >= 0.6 is 0 Å². The van der Waals surface area contributed by atoms with Gasteiger partial charge in [0.25, 0.3) is 0 Å². The molecule has 4 rings (SSSR count). The lowest BCUT2D eigenvalue weighted by atomic mass is 10.1. The molecule has 0 saturated heterocycles. The van der Waals surface area contributed by atoms with E-state index in [4.69, 9.17) is 5.11 Å². The molecule has 3 aromatic rings. The second-order valence-corrected chi connectivity index (χ2v) is 6.01. The summed E-state index contributed by atoms with van der Waals surface area (Å²) < 4.78 is 3.63. The van der Waals surface area contributed by atoms with E-state index in [1.165, 1.54) is 24.4 Å². The fourth-order valence-electron chi connectivity index (χ4n) is 2.87. The van der Waals surface area contributed by atoms with Crippen molar-refractivity contribution in [2.45, 2.75) is 25.8 Å². The lowest BCUT2D eigenvalue weighted by molar-refractivity contribution is 0.0697. The van der Waals surface area contributed by atoms with Gasteiger partial charge in [0.1, 0.15) is 5.65 Å². The van der Waals surface area contributed by atoms with E-state index in [2.05, 4.69) is 29.3 Å². The Bertz CT molecular complexity index is 864. The Morgan fingerprint density at radius 3 is 2.86 bits per heavy atom. The van der Waals surface area contributed by atoms with Gasteiger partial charge < -0.3 is 9.51 Å². The van der Waals surface area contributed by atoms with E-state index in [-0.39, 0.29) is 5.56 Å². The summed E-state index contributed by atoms with van der Waals surface area (Å²) in [4.78, 5) is 15.4. The normalized spacial score (nSPS) is 20.4. The maximum Gasteiger partial charge on any atom is 0.338 e. The van der Waals surface area contributed by atoms with Gasteiger partial charge >= 0.3 is 5.97 Å². The minimum atomic E-state index is -0.968. The first-order valence-electron chi connectivity index (χ1n) is 7.33. The van der Waals surface area contributed by atoms with Crippen molar-refractivity contribution >= 4 is 11.6 Å². The van der Waals surface area contributed by atoms with Crippen LogP contribution in [0.3, 0.4) is 0 Å². The van der Waals surface area contributed by atoms with Crippen LogP contribution in [-0.4, -0.2) is 30.2 Å². The molecule has 0 radical (unpaired) electrons. The average Bonchev–Trinajstić information content (AvgIpc) is 2.90. The highest BCUT2D eigenvalue weighted by Gasteiger charge is 2.34. The van der Waals surface area contributed by atoms with E-state index in [0.29, 0.717) is 12.5 Å². The zero-order chi connectivity index (χ0) is 15.3. The second-order valence-electron chi connectivity index (χ2n) is 6.01. The maximum absolute atomic E-state index is 10.9. The summed E-state index contributed by atoms with van der Waals surface area (Å²) in [6.45, 7) is 2.73. The number of fused-ring (bicyclic) bond motifs is 1. The van der Waals surface area contributed by atoms with Crippen molar-refractivity contribution < 1.29 is 9.90 Å². The van der Waals surface area contributed by atoms with Crippen molar-refractivity contribution in [1.29, 1.82) is 0 Å². The number of imidazole rings is 1. The summed E-state index contributed by atoms with van der Waals surface area (Å²) >= 11 is 0. The monoisotopic (exact) mass is 296 g/mol. The topological polar surface area (TPSA) is 72.4 Å². The lowest BCUT2D eigenvalue weighted by Gasteiger charge is -1.99. The molecule has 1 N–H and O–H groups in total. The molecule has 22 heavy (non-hydrogen) atoms. The molecule has 1 saturated carbocycles. The molecule has 1 aliphatic carbocycles. The van der Waals surface area contributed by atoms with Gasteiger partial charge in [0.05, 0.1) is 24.0 Å². The molecule has 0 spiro atoms. The maximum atomic E-state index is 10.9. The van der Waals surface area contributed by atoms with E-state index in [1.54, 1.807) is 4.68 Å². The van der Waals surface area contributed by atoms with Gasteiger partial charge in [0, 0.05) is 18.6 Å². The van der Waals surface area contributed by atoms with E-state index in [1.807, 2.05) is 16.7 Å². The van der Waals surface area contributed by atoms with Crippen LogP contribution in [-0.2, 0) is 6.54 Å². The number of aromatic nitrogens is 4. The number of nitrogens with zero attached hydrogens (tertiary/aromatic N) is 4. The molecule has 1 aliphatic rings. The molecule has 3 aromatic heterocycles. The van der Waals surface area contributed by atoms with E-state index in [9.17, 15) is 4.79 Å². The fourth-order valence-corrected chi connectivity index (χ4v) is 2.87. The molecule has 0 bridgehead atoms. The quantitative estimate of drug-likeness (QED) is 0.802. The molecule has 2 atom stereocenters. The zero-order valence-electron chi connectivity index (χ0n) is 12.2. The predicted octanol–water partition coefficient (Wildman–Crippen LogP) is 2.40. The lowest BCUT2D eigenvalue weighted by Crippen LogP contribution is -2.00. The zero-order valence-corrected chi connectivity index (χ0v) is 12.2. The Hall–Kier alpha value is -2.63. The van der Waals surface area contributed by atoms with Crippen molar-refractivity contribution in [2.24, 2.45) is 5.92 Å². The van der Waals surface area contributed by atoms with Crippen LogP contribution in [0.15, 0.2) is 36.9 Å². The number of rotatable bonds is 4. The number of hydrogen-bond donors (Lipinski definition) is 1. The number of pyridine rings is 1. The van der Waals surface area contributed by atoms with E-state index >= 15 is 0 Å². The van der Waals surface area contributed by atoms with Gasteiger partial charge in [0.2, 0.25) is 0 Å². The fraction of sp³-hybridized carbons (Fsp3) is 0.312. The summed E-state index contributed by atoms with van der Waals surface area (Å²) in [7, 11) is 0. The molecule has 0 amide bonds. The van der Waals surface area contributed by atoms with Gasteiger partial charge in [-0.1, -0.05) is 13.0 Å². The third kappa shape index (κ3) is 2.26. The summed E-state index contributed by atoms with van der Waals surface area (Å²) in [5, 5.41) is 13.0. The first kappa shape index (κ1) is 13.1. The summed E-state index contributed by atoms with van der Waals surface area (Å²) in [5.74, 6) is 0.489. The highest BCUT2D eigenvalue weighted by Crippen LogP contribution is 2.46. The van der Waals surface area contributed by atoms with Gasteiger partial charge in [-0.15, -0.1) is 0 Å². The van der Waals surface area contributed by atoms with Crippen LogP contribution in [0.25, 0.3) is 5.65 Å². The molecule has 6 heteroatoms. The van der Waals surface area contributed by atoms with Gasteiger partial charge in [-0.05, 0) is 29.9 Å². The van der Waals surface area contributed by atoms with Gasteiger partial charge in [-0.25, -0.2) is 9.78 Å². The Morgan fingerprint density at radius 2 is 2.18 bits per heavy atom. The molecule has 6 nitrogen and oxygen atoms in total. The second kappa shape index (κ2) is 4.69. The standard InChI is InChI=1S/C16H16N4O2/c1-10-4-14(10)11-2-3-15-18-13(8-19(15)6-11)9-20-7-12(5-17-20)16(21)22/h2-3,5-8,10,14H,4,9H2,1H3,(H,21,22).